The molecule has 2 aliphatic heterocycles. The van der Waals surface area contributed by atoms with E-state index in [1.807, 2.05) is 0 Å². The third-order valence-corrected chi connectivity index (χ3v) is 8.73. The van der Waals surface area contributed by atoms with Gasteiger partial charge in [0.05, 0.1) is 23.8 Å². The Labute approximate surface area is 227 Å². The molecule has 39 heavy (non-hydrogen) atoms. The maximum atomic E-state index is 12.9. The minimum Gasteiger partial charge on any atom is -0.379 e. The second-order valence-corrected chi connectivity index (χ2v) is 11.2. The van der Waals surface area contributed by atoms with Gasteiger partial charge in [0.1, 0.15) is 0 Å². The largest absolute Gasteiger partial charge is 0.379 e. The molecule has 2 aliphatic rings. The number of benzene rings is 2. The second-order valence-electron chi connectivity index (χ2n) is 9.31. The van der Waals surface area contributed by atoms with Crippen LogP contribution in [0.25, 0.3) is 11.3 Å². The third kappa shape index (κ3) is 6.08. The molecule has 0 aliphatic carbocycles. The molecule has 1 N–H and O–H groups in total. The Hall–Kier alpha value is -3.87. The van der Waals surface area contributed by atoms with Crippen molar-refractivity contribution in [3.8, 4) is 11.3 Å². The topological polar surface area (TPSA) is 125 Å². The van der Waals surface area contributed by atoms with Crippen molar-refractivity contribution in [2.24, 2.45) is 0 Å². The van der Waals surface area contributed by atoms with Crippen molar-refractivity contribution in [1.82, 2.24) is 24.1 Å². The number of sulfonamides is 1. The average Bonchev–Trinajstić information content (AvgIpc) is 2.98. The van der Waals surface area contributed by atoms with E-state index in [0.717, 1.165) is 11.3 Å². The summed E-state index contributed by atoms with van der Waals surface area (Å²) in [6.07, 6.45) is 1.63. The standard InChI is InChI=1S/C27H30N6O5S/c1-20(34)31-12-14-32(15-13-31)26(35)22-2-6-23(7-3-22)29-27-28-11-10-25(30-27)21-4-8-24(9-5-21)39(36,37)33-16-18-38-19-17-33/h2-11H,12-19H2,1H3,(H,28,29,30). The molecule has 204 valence electrons. The number of amides is 2. The number of ether oxygens (including phenoxy) is 1. The summed E-state index contributed by atoms with van der Waals surface area (Å²) in [5.41, 5.74) is 2.68. The van der Waals surface area contributed by atoms with Crippen LogP contribution in [-0.2, 0) is 19.6 Å². The van der Waals surface area contributed by atoms with E-state index in [1.54, 1.807) is 77.5 Å². The van der Waals surface area contributed by atoms with Gasteiger partial charge >= 0.3 is 0 Å². The SMILES string of the molecule is CC(=O)N1CCN(C(=O)c2ccc(Nc3nccc(-c4ccc(S(=O)(=O)N5CCOCC5)cc4)n3)cc2)CC1. The average molecular weight is 551 g/mol. The van der Waals surface area contributed by atoms with Gasteiger partial charge in [0.15, 0.2) is 0 Å². The maximum Gasteiger partial charge on any atom is 0.253 e. The highest BCUT2D eigenvalue weighted by Gasteiger charge is 2.26. The number of anilines is 2. The number of hydrogen-bond acceptors (Lipinski definition) is 8. The summed E-state index contributed by atoms with van der Waals surface area (Å²) in [5.74, 6) is 0.330. The first-order chi connectivity index (χ1) is 18.8. The predicted octanol–water partition coefficient (Wildman–Crippen LogP) is 2.21. The van der Waals surface area contributed by atoms with Gasteiger partial charge in [-0.1, -0.05) is 12.1 Å². The van der Waals surface area contributed by atoms with Gasteiger partial charge in [-0.25, -0.2) is 18.4 Å². The normalized spacial score (nSPS) is 16.6. The molecule has 2 saturated heterocycles. The number of piperazine rings is 1. The summed E-state index contributed by atoms with van der Waals surface area (Å²) in [6.45, 7) is 5.13. The quantitative estimate of drug-likeness (QED) is 0.495. The van der Waals surface area contributed by atoms with E-state index in [-0.39, 0.29) is 16.7 Å². The summed E-state index contributed by atoms with van der Waals surface area (Å²) in [7, 11) is -3.57. The molecule has 3 aromatic rings. The lowest BCUT2D eigenvalue weighted by Crippen LogP contribution is -2.50. The first kappa shape index (κ1) is 26.7. The molecule has 2 aromatic carbocycles. The number of aromatic nitrogens is 2. The van der Waals surface area contributed by atoms with Gasteiger partial charge in [-0.2, -0.15) is 4.31 Å². The van der Waals surface area contributed by atoms with Gasteiger partial charge in [-0.15, -0.1) is 0 Å². The van der Waals surface area contributed by atoms with Crippen molar-refractivity contribution < 1.29 is 22.7 Å². The second kappa shape index (κ2) is 11.5. The Bertz CT molecular complexity index is 1430. The van der Waals surface area contributed by atoms with Crippen LogP contribution in [-0.4, -0.2) is 96.8 Å². The van der Waals surface area contributed by atoms with Crippen molar-refractivity contribution in [3.63, 3.8) is 0 Å². The Balaban J connectivity index is 1.23. The van der Waals surface area contributed by atoms with Gasteiger partial charge in [-0.3, -0.25) is 9.59 Å². The Kier molecular flexibility index (Phi) is 7.87. The lowest BCUT2D eigenvalue weighted by Gasteiger charge is -2.34. The highest BCUT2D eigenvalue weighted by atomic mass is 32.2. The van der Waals surface area contributed by atoms with Crippen LogP contribution in [0.15, 0.2) is 65.7 Å². The van der Waals surface area contributed by atoms with Crippen LogP contribution in [0.2, 0.25) is 0 Å². The van der Waals surface area contributed by atoms with Crippen LogP contribution in [0.1, 0.15) is 17.3 Å². The molecule has 0 saturated carbocycles. The van der Waals surface area contributed by atoms with Gasteiger partial charge in [-0.05, 0) is 42.5 Å². The molecule has 11 nitrogen and oxygen atoms in total. The van der Waals surface area contributed by atoms with Crippen LogP contribution in [0, 0.1) is 0 Å². The van der Waals surface area contributed by atoms with Crippen molar-refractivity contribution >= 4 is 33.5 Å². The first-order valence-corrected chi connectivity index (χ1v) is 14.2. The molecule has 12 heteroatoms. The van der Waals surface area contributed by atoms with Gasteiger partial charge in [0, 0.05) is 69.2 Å². The summed E-state index contributed by atoms with van der Waals surface area (Å²) in [4.78, 5) is 37.0. The molecule has 0 spiro atoms. The van der Waals surface area contributed by atoms with Crippen LogP contribution >= 0.6 is 0 Å². The van der Waals surface area contributed by atoms with E-state index in [9.17, 15) is 18.0 Å². The van der Waals surface area contributed by atoms with Gasteiger partial charge in [0.25, 0.3) is 5.91 Å². The van der Waals surface area contributed by atoms with E-state index in [0.29, 0.717) is 69.7 Å². The van der Waals surface area contributed by atoms with E-state index in [1.165, 1.54) is 4.31 Å². The fourth-order valence-electron chi connectivity index (χ4n) is 4.55. The minimum absolute atomic E-state index is 0.0255. The zero-order valence-corrected chi connectivity index (χ0v) is 22.4. The van der Waals surface area contributed by atoms with Gasteiger partial charge in [0.2, 0.25) is 21.9 Å². The van der Waals surface area contributed by atoms with Crippen LogP contribution in [0.5, 0.6) is 0 Å². The summed E-state index contributed by atoms with van der Waals surface area (Å²) < 4.78 is 32.5. The number of nitrogens with one attached hydrogen (secondary N) is 1. The zero-order chi connectivity index (χ0) is 27.4. The lowest BCUT2D eigenvalue weighted by atomic mass is 10.1. The fourth-order valence-corrected chi connectivity index (χ4v) is 5.95. The van der Waals surface area contributed by atoms with E-state index >= 15 is 0 Å². The third-order valence-electron chi connectivity index (χ3n) is 6.81. The van der Waals surface area contributed by atoms with Crippen molar-refractivity contribution in [2.75, 3.05) is 57.8 Å². The van der Waals surface area contributed by atoms with Gasteiger partial charge < -0.3 is 19.9 Å². The maximum absolute atomic E-state index is 12.9. The van der Waals surface area contributed by atoms with E-state index in [4.69, 9.17) is 4.74 Å². The van der Waals surface area contributed by atoms with Crippen molar-refractivity contribution in [3.05, 3.63) is 66.4 Å². The number of morpholine rings is 1. The highest BCUT2D eigenvalue weighted by Crippen LogP contribution is 2.24. The molecule has 0 radical (unpaired) electrons. The van der Waals surface area contributed by atoms with E-state index < -0.39 is 10.0 Å². The van der Waals surface area contributed by atoms with Crippen molar-refractivity contribution in [2.45, 2.75) is 11.8 Å². The van der Waals surface area contributed by atoms with Crippen molar-refractivity contribution in [1.29, 1.82) is 0 Å². The Morgan fingerprint density at radius 1 is 0.846 bits per heavy atom. The monoisotopic (exact) mass is 550 g/mol. The van der Waals surface area contributed by atoms with Crippen LogP contribution < -0.4 is 5.32 Å². The number of nitrogens with zero attached hydrogens (tertiary/aromatic N) is 5. The smallest absolute Gasteiger partial charge is 0.253 e. The molecule has 3 heterocycles. The molecular formula is C27H30N6O5S. The highest BCUT2D eigenvalue weighted by molar-refractivity contribution is 7.89. The Morgan fingerprint density at radius 2 is 1.49 bits per heavy atom. The summed E-state index contributed by atoms with van der Waals surface area (Å²) in [6, 6.07) is 15.5. The fraction of sp³-hybridized carbons (Fsp3) is 0.333. The molecule has 0 atom stereocenters. The number of rotatable bonds is 6. The minimum atomic E-state index is -3.57. The Morgan fingerprint density at radius 3 is 2.13 bits per heavy atom. The molecule has 2 fully saturated rings. The molecule has 1 aromatic heterocycles. The zero-order valence-electron chi connectivity index (χ0n) is 21.6. The first-order valence-electron chi connectivity index (χ1n) is 12.7. The predicted molar refractivity (Wildman–Crippen MR) is 145 cm³/mol. The number of hydrogen-bond donors (Lipinski definition) is 1. The summed E-state index contributed by atoms with van der Waals surface area (Å²) >= 11 is 0. The number of carbonyl (C=O) groups excluding carboxylic acids is 2. The van der Waals surface area contributed by atoms with E-state index in [2.05, 4.69) is 15.3 Å². The molecule has 0 unspecified atom stereocenters. The molecule has 2 amide bonds. The number of carbonyl (C=O) groups is 2. The lowest BCUT2D eigenvalue weighted by molar-refractivity contribution is -0.130. The molecular weight excluding hydrogens is 520 g/mol. The van der Waals surface area contributed by atoms with Crippen LogP contribution in [0.3, 0.4) is 0 Å². The summed E-state index contributed by atoms with van der Waals surface area (Å²) in [5, 5.41) is 3.15. The van der Waals surface area contributed by atoms with Crippen LogP contribution in [0.4, 0.5) is 11.6 Å². The molecule has 5 rings (SSSR count). The molecule has 0 bridgehead atoms.